The molecule has 0 fully saturated rings. The normalized spacial score (nSPS) is 10.7. The second-order valence-corrected chi connectivity index (χ2v) is 5.61. The van der Waals surface area contributed by atoms with Gasteiger partial charge in [0.05, 0.1) is 29.1 Å². The van der Waals surface area contributed by atoms with Gasteiger partial charge in [-0.1, -0.05) is 29.8 Å². The minimum atomic E-state index is -0.322. The van der Waals surface area contributed by atoms with E-state index in [4.69, 9.17) is 16.3 Å². The molecular weight excluding hydrogens is 352 g/mol. The van der Waals surface area contributed by atoms with E-state index in [1.807, 2.05) is 6.07 Å². The first-order chi connectivity index (χ1) is 12.7. The predicted octanol–water partition coefficient (Wildman–Crippen LogP) is 5.41. The van der Waals surface area contributed by atoms with Gasteiger partial charge in [0, 0.05) is 12.3 Å². The number of methoxy groups -OCH3 is 1. The number of carbonyl (C=O) groups excluding carboxylic acids is 1. The van der Waals surface area contributed by atoms with E-state index in [0.29, 0.717) is 33.5 Å². The lowest BCUT2D eigenvalue weighted by Gasteiger charge is -2.11. The summed E-state index contributed by atoms with van der Waals surface area (Å²) in [5.74, 6) is 0.641. The number of nitrogens with zero attached hydrogens (tertiary/aromatic N) is 3. The van der Waals surface area contributed by atoms with Crippen LogP contribution in [0.5, 0.6) is 5.75 Å². The Morgan fingerprint density at radius 1 is 1.08 bits per heavy atom. The monoisotopic (exact) mass is 366 g/mol. The number of pyridine rings is 1. The van der Waals surface area contributed by atoms with Gasteiger partial charge in [0.1, 0.15) is 5.75 Å². The van der Waals surface area contributed by atoms with Crippen LogP contribution in [0.4, 0.5) is 17.2 Å². The summed E-state index contributed by atoms with van der Waals surface area (Å²) in [6.07, 6.45) is 1.64. The lowest BCUT2D eigenvalue weighted by molar-refractivity contribution is 0.102. The molecule has 3 rings (SSSR count). The van der Waals surface area contributed by atoms with Crippen molar-refractivity contribution in [3.63, 3.8) is 0 Å². The fraction of sp³-hybridized carbons (Fsp3) is 0.0526. The molecule has 7 heteroatoms. The quantitative estimate of drug-likeness (QED) is 0.613. The zero-order valence-electron chi connectivity index (χ0n) is 13.9. The van der Waals surface area contributed by atoms with E-state index >= 15 is 0 Å². The average Bonchev–Trinajstić information content (AvgIpc) is 2.68. The van der Waals surface area contributed by atoms with E-state index < -0.39 is 0 Å². The van der Waals surface area contributed by atoms with Gasteiger partial charge in [0.25, 0.3) is 5.91 Å². The van der Waals surface area contributed by atoms with Crippen LogP contribution < -0.4 is 10.1 Å². The summed E-state index contributed by atoms with van der Waals surface area (Å²) < 4.78 is 5.34. The molecule has 2 aromatic carbocycles. The number of rotatable bonds is 5. The van der Waals surface area contributed by atoms with Crippen LogP contribution in [-0.4, -0.2) is 18.0 Å². The van der Waals surface area contributed by atoms with Gasteiger partial charge in [0.2, 0.25) is 0 Å². The molecule has 6 nitrogen and oxygen atoms in total. The highest BCUT2D eigenvalue weighted by Gasteiger charge is 2.13. The van der Waals surface area contributed by atoms with Crippen LogP contribution in [0, 0.1) is 0 Å². The summed E-state index contributed by atoms with van der Waals surface area (Å²) in [6.45, 7) is 0. The molecule has 0 aliphatic carbocycles. The van der Waals surface area contributed by atoms with Gasteiger partial charge in [-0.3, -0.25) is 4.79 Å². The number of hydrogen-bond acceptors (Lipinski definition) is 5. The molecule has 0 saturated heterocycles. The van der Waals surface area contributed by atoms with Crippen LogP contribution in [-0.2, 0) is 0 Å². The molecule has 1 aromatic heterocycles. The van der Waals surface area contributed by atoms with Crippen molar-refractivity contribution in [3.05, 3.63) is 77.4 Å². The number of amides is 1. The number of hydrogen-bond donors (Lipinski definition) is 1. The third kappa shape index (κ3) is 4.23. The fourth-order valence-electron chi connectivity index (χ4n) is 2.20. The molecule has 1 heterocycles. The number of azo groups is 1. The van der Waals surface area contributed by atoms with E-state index in [9.17, 15) is 4.79 Å². The van der Waals surface area contributed by atoms with E-state index in [1.54, 1.807) is 60.8 Å². The van der Waals surface area contributed by atoms with Crippen molar-refractivity contribution in [3.8, 4) is 5.75 Å². The van der Waals surface area contributed by atoms with Gasteiger partial charge in [-0.05, 0) is 36.4 Å². The van der Waals surface area contributed by atoms with Gasteiger partial charge in [-0.15, -0.1) is 10.2 Å². The van der Waals surface area contributed by atoms with Crippen LogP contribution >= 0.6 is 11.6 Å². The second kappa shape index (κ2) is 8.22. The lowest BCUT2D eigenvalue weighted by atomic mass is 10.2. The summed E-state index contributed by atoms with van der Waals surface area (Å²) >= 11 is 6.06. The minimum absolute atomic E-state index is 0.322. The van der Waals surface area contributed by atoms with Crippen molar-refractivity contribution in [2.75, 3.05) is 12.4 Å². The Kier molecular flexibility index (Phi) is 5.56. The summed E-state index contributed by atoms with van der Waals surface area (Å²) in [5, 5.41) is 11.3. The van der Waals surface area contributed by atoms with Crippen molar-refractivity contribution < 1.29 is 9.53 Å². The van der Waals surface area contributed by atoms with Crippen LogP contribution in [0.2, 0.25) is 5.02 Å². The van der Waals surface area contributed by atoms with E-state index in [0.717, 1.165) is 0 Å². The number of nitrogens with one attached hydrogen (secondary N) is 1. The molecule has 26 heavy (non-hydrogen) atoms. The Morgan fingerprint density at radius 2 is 1.88 bits per heavy atom. The zero-order valence-corrected chi connectivity index (χ0v) is 14.6. The van der Waals surface area contributed by atoms with Crippen LogP contribution in [0.25, 0.3) is 0 Å². The largest absolute Gasteiger partial charge is 0.494 e. The molecule has 1 amide bonds. The number of anilines is 1. The molecule has 0 radical (unpaired) electrons. The Labute approximate surface area is 155 Å². The molecule has 0 unspecified atom stereocenters. The predicted molar refractivity (Wildman–Crippen MR) is 101 cm³/mol. The molecule has 0 saturated carbocycles. The molecule has 3 aromatic rings. The third-order valence-electron chi connectivity index (χ3n) is 3.47. The maximum absolute atomic E-state index is 12.4. The number of benzene rings is 2. The molecule has 130 valence electrons. The fourth-order valence-corrected chi connectivity index (χ4v) is 2.42. The van der Waals surface area contributed by atoms with Crippen molar-refractivity contribution in [1.82, 2.24) is 4.98 Å². The van der Waals surface area contributed by atoms with Gasteiger partial charge in [-0.25, -0.2) is 4.98 Å². The van der Waals surface area contributed by atoms with Crippen LogP contribution in [0.1, 0.15) is 10.4 Å². The lowest BCUT2D eigenvalue weighted by Crippen LogP contribution is -2.13. The van der Waals surface area contributed by atoms with E-state index in [2.05, 4.69) is 20.5 Å². The number of carbonyl (C=O) groups is 1. The SMILES string of the molecule is COc1cc(/N=N\c2ccccn2)ccc1NC(=O)c1ccccc1Cl. The number of aromatic nitrogens is 1. The molecular formula is C19H15ClN4O2. The summed E-state index contributed by atoms with van der Waals surface area (Å²) in [7, 11) is 1.51. The van der Waals surface area contributed by atoms with Crippen LogP contribution in [0.3, 0.4) is 0 Å². The van der Waals surface area contributed by atoms with Crippen molar-refractivity contribution in [2.45, 2.75) is 0 Å². The van der Waals surface area contributed by atoms with E-state index in [-0.39, 0.29) is 5.91 Å². The first-order valence-electron chi connectivity index (χ1n) is 7.74. The Balaban J connectivity index is 1.80. The summed E-state index contributed by atoms with van der Waals surface area (Å²) in [4.78, 5) is 16.5. The summed E-state index contributed by atoms with van der Waals surface area (Å²) in [5.41, 5.74) is 1.47. The van der Waals surface area contributed by atoms with Gasteiger partial charge in [-0.2, -0.15) is 0 Å². The number of halogens is 1. The zero-order chi connectivity index (χ0) is 18.4. The smallest absolute Gasteiger partial charge is 0.257 e. The average molecular weight is 367 g/mol. The highest BCUT2D eigenvalue weighted by molar-refractivity contribution is 6.34. The molecule has 0 aliphatic rings. The topological polar surface area (TPSA) is 75.9 Å². The second-order valence-electron chi connectivity index (χ2n) is 5.21. The standard InChI is InChI=1S/C19H15ClN4O2/c1-26-17-12-13(23-24-18-8-4-5-11-21-18)9-10-16(17)22-19(25)14-6-2-3-7-15(14)20/h2-12H,1H3,(H,22,25)/b24-23-. The first-order valence-corrected chi connectivity index (χ1v) is 8.12. The summed E-state index contributed by atoms with van der Waals surface area (Å²) in [6, 6.07) is 17.3. The maximum atomic E-state index is 12.4. The third-order valence-corrected chi connectivity index (χ3v) is 3.80. The Bertz CT molecular complexity index is 945. The van der Waals surface area contributed by atoms with Crippen molar-refractivity contribution in [1.29, 1.82) is 0 Å². The highest BCUT2D eigenvalue weighted by Crippen LogP contribution is 2.31. The Hall–Kier alpha value is -3.25. The minimum Gasteiger partial charge on any atom is -0.494 e. The first kappa shape index (κ1) is 17.6. The van der Waals surface area contributed by atoms with E-state index in [1.165, 1.54) is 7.11 Å². The Morgan fingerprint density at radius 3 is 2.62 bits per heavy atom. The van der Waals surface area contributed by atoms with Gasteiger partial charge in [0.15, 0.2) is 5.82 Å². The number of ether oxygens (including phenoxy) is 1. The van der Waals surface area contributed by atoms with Gasteiger partial charge < -0.3 is 10.1 Å². The van der Waals surface area contributed by atoms with Crippen molar-refractivity contribution >= 4 is 34.7 Å². The van der Waals surface area contributed by atoms with Crippen LogP contribution in [0.15, 0.2) is 77.1 Å². The van der Waals surface area contributed by atoms with Gasteiger partial charge >= 0.3 is 0 Å². The molecule has 0 aliphatic heterocycles. The van der Waals surface area contributed by atoms with Crippen molar-refractivity contribution in [2.24, 2.45) is 10.2 Å². The molecule has 0 atom stereocenters. The highest BCUT2D eigenvalue weighted by atomic mass is 35.5. The molecule has 1 N–H and O–H groups in total. The molecule has 0 spiro atoms. The maximum Gasteiger partial charge on any atom is 0.257 e. The molecule has 0 bridgehead atoms.